The first-order chi connectivity index (χ1) is 20.8. The number of nitrogens with zero attached hydrogens (tertiary/aromatic N) is 3. The average Bonchev–Trinajstić information content (AvgIpc) is 3.58. The topological polar surface area (TPSA) is 103 Å². The third kappa shape index (κ3) is 10.6. The normalized spacial score (nSPS) is 11.7. The number of carbonyl (C=O) groups is 1. The number of halogens is 1. The fourth-order valence-electron chi connectivity index (χ4n) is 4.81. The van der Waals surface area contributed by atoms with Crippen LogP contribution in [-0.2, 0) is 14.8 Å². The predicted octanol–water partition coefficient (Wildman–Crippen LogP) is 9.19. The smallest absolute Gasteiger partial charge is 0.293 e. The first-order valence-corrected chi connectivity index (χ1v) is 18.0. The zero-order valence-electron chi connectivity index (χ0n) is 24.8. The lowest BCUT2D eigenvalue weighted by Gasteiger charge is -2.06. The third-order valence-electron chi connectivity index (χ3n) is 7.21. The van der Waals surface area contributed by atoms with Crippen LogP contribution in [0, 0.1) is 0 Å². The Labute approximate surface area is 263 Å². The molecule has 2 aromatic heterocycles. The molecule has 0 aliphatic rings. The van der Waals surface area contributed by atoms with Gasteiger partial charge in [-0.25, -0.2) is 14.2 Å². The summed E-state index contributed by atoms with van der Waals surface area (Å²) >= 11 is 6.84. The summed E-state index contributed by atoms with van der Waals surface area (Å²) in [5, 5.41) is 4.81. The van der Waals surface area contributed by atoms with Crippen LogP contribution in [0.5, 0.6) is 11.5 Å². The maximum absolute atomic E-state index is 12.8. The van der Waals surface area contributed by atoms with Gasteiger partial charge in [0.1, 0.15) is 11.5 Å². The molecule has 4 rings (SSSR count). The van der Waals surface area contributed by atoms with Gasteiger partial charge in [0.25, 0.3) is 14.4 Å². The van der Waals surface area contributed by atoms with Crippen molar-refractivity contribution in [3.8, 4) is 22.8 Å². The van der Waals surface area contributed by atoms with Gasteiger partial charge in [-0.3, -0.25) is 4.79 Å². The van der Waals surface area contributed by atoms with E-state index in [-0.39, 0.29) is 10.8 Å². The lowest BCUT2D eigenvalue weighted by molar-refractivity contribution is -0.119. The molecule has 1 N–H and O–H groups in total. The second kappa shape index (κ2) is 16.8. The Balaban J connectivity index is 1.16. The van der Waals surface area contributed by atoms with Crippen LogP contribution in [0.4, 0.5) is 0 Å². The van der Waals surface area contributed by atoms with Crippen molar-refractivity contribution in [3.05, 3.63) is 59.8 Å². The maximum Gasteiger partial charge on any atom is 0.293 e. The van der Waals surface area contributed by atoms with E-state index in [0.717, 1.165) is 36.2 Å². The molecule has 0 saturated heterocycles. The van der Waals surface area contributed by atoms with Crippen LogP contribution >= 0.6 is 22.9 Å². The highest BCUT2D eigenvalue weighted by atomic mass is 35.5. The molecule has 0 unspecified atom stereocenters. The van der Waals surface area contributed by atoms with Crippen LogP contribution in [0.15, 0.2) is 59.1 Å². The van der Waals surface area contributed by atoms with Crippen molar-refractivity contribution >= 4 is 43.8 Å². The highest BCUT2D eigenvalue weighted by Crippen LogP contribution is 2.28. The maximum atomic E-state index is 12.8. The van der Waals surface area contributed by atoms with Gasteiger partial charge in [-0.15, -0.1) is 5.10 Å². The minimum atomic E-state index is -4.05. The molecular weight excluding hydrogens is 604 g/mol. The third-order valence-corrected chi connectivity index (χ3v) is 10.1. The van der Waals surface area contributed by atoms with Crippen molar-refractivity contribution in [2.24, 2.45) is 0 Å². The molecule has 0 spiro atoms. The van der Waals surface area contributed by atoms with Crippen molar-refractivity contribution in [1.82, 2.24) is 19.3 Å². The molecule has 4 aromatic rings. The fourth-order valence-corrected chi connectivity index (χ4v) is 7.02. The van der Waals surface area contributed by atoms with Crippen molar-refractivity contribution in [3.63, 3.8) is 0 Å². The largest absolute Gasteiger partial charge is 0.457 e. The Morgan fingerprint density at radius 3 is 1.93 bits per heavy atom. The summed E-state index contributed by atoms with van der Waals surface area (Å²) in [6.07, 6.45) is 17.5. The van der Waals surface area contributed by atoms with Crippen molar-refractivity contribution in [1.29, 1.82) is 0 Å². The van der Waals surface area contributed by atoms with Gasteiger partial charge in [-0.2, -0.15) is 8.42 Å². The number of hydrogen-bond donors (Lipinski definition) is 1. The number of sulfonamides is 1. The van der Waals surface area contributed by atoms with Crippen LogP contribution in [0.25, 0.3) is 16.2 Å². The quantitative estimate of drug-likeness (QED) is 0.102. The van der Waals surface area contributed by atoms with Crippen LogP contribution in [0.3, 0.4) is 0 Å². The fraction of sp³-hybridized carbons (Fsp3) is 0.469. The number of amides is 1. The first-order valence-electron chi connectivity index (χ1n) is 15.3. The molecule has 0 saturated carbocycles. The van der Waals surface area contributed by atoms with E-state index in [1.165, 1.54) is 62.3 Å². The van der Waals surface area contributed by atoms with E-state index < -0.39 is 15.9 Å². The summed E-state index contributed by atoms with van der Waals surface area (Å²) in [6.45, 7) is 2.24. The highest BCUT2D eigenvalue weighted by molar-refractivity contribution is 7.92. The van der Waals surface area contributed by atoms with Gasteiger partial charge in [-0.1, -0.05) is 107 Å². The highest BCUT2D eigenvalue weighted by Gasteiger charge is 2.23. The lowest BCUT2D eigenvalue weighted by Crippen LogP contribution is -2.30. The number of aromatic nitrogens is 3. The minimum Gasteiger partial charge on any atom is -0.457 e. The van der Waals surface area contributed by atoms with E-state index in [0.29, 0.717) is 33.6 Å². The van der Waals surface area contributed by atoms with Gasteiger partial charge in [0.15, 0.2) is 0 Å². The van der Waals surface area contributed by atoms with Crippen LogP contribution in [0.2, 0.25) is 5.02 Å². The Hall–Kier alpha value is -2.95. The summed E-state index contributed by atoms with van der Waals surface area (Å²) in [7, 11) is -4.05. The summed E-state index contributed by atoms with van der Waals surface area (Å²) < 4.78 is 34.7. The van der Waals surface area contributed by atoms with Gasteiger partial charge in [0.2, 0.25) is 10.9 Å². The second-order valence-corrected chi connectivity index (χ2v) is 14.1. The number of fused-ring (bicyclic) bond motifs is 1. The molecule has 11 heteroatoms. The Morgan fingerprint density at radius 2 is 1.37 bits per heavy atom. The van der Waals surface area contributed by atoms with Crippen LogP contribution in [0.1, 0.15) is 96.8 Å². The standard InChI is InChI=1S/C32H41ClN4O4S2/c1-2-3-4-5-6-7-8-9-10-11-12-13-14-15-30(38)36-43(39,40)32-35-37-24-29(34-31(37)42-32)25-16-20-27(21-17-25)41-28-22-18-26(33)19-23-28/h16-24H,2-15H2,1H3,(H,36,38). The number of nitrogens with one attached hydrogen (secondary N) is 1. The molecule has 2 heterocycles. The van der Waals surface area contributed by atoms with Crippen LogP contribution in [-0.4, -0.2) is 28.9 Å². The molecule has 8 nitrogen and oxygen atoms in total. The number of imidazole rings is 1. The van der Waals surface area contributed by atoms with Gasteiger partial charge < -0.3 is 4.74 Å². The van der Waals surface area contributed by atoms with E-state index in [4.69, 9.17) is 16.3 Å². The molecular formula is C32H41ClN4O4S2. The SMILES string of the molecule is CCCCCCCCCCCCCCCC(=O)NS(=O)(=O)c1nn2cc(-c3ccc(Oc4ccc(Cl)cc4)cc3)nc2s1. The van der Waals surface area contributed by atoms with Crippen molar-refractivity contribution in [2.75, 3.05) is 0 Å². The molecule has 1 amide bonds. The number of carbonyl (C=O) groups excluding carboxylic acids is 1. The molecule has 0 aliphatic heterocycles. The molecule has 2 aromatic carbocycles. The number of unbranched alkanes of at least 4 members (excludes halogenated alkanes) is 12. The van der Waals surface area contributed by atoms with Gasteiger partial charge in [0.05, 0.1) is 11.9 Å². The minimum absolute atomic E-state index is 0.182. The summed E-state index contributed by atoms with van der Waals surface area (Å²) in [5.41, 5.74) is 1.48. The summed E-state index contributed by atoms with van der Waals surface area (Å²) in [4.78, 5) is 17.3. The van der Waals surface area contributed by atoms with Crippen molar-refractivity contribution in [2.45, 2.75) is 101 Å². The molecule has 0 radical (unpaired) electrons. The molecule has 0 aliphatic carbocycles. The Bertz CT molecular complexity index is 1500. The summed E-state index contributed by atoms with van der Waals surface area (Å²) in [5.74, 6) is 0.833. The Kier molecular flexibility index (Phi) is 12.9. The predicted molar refractivity (Wildman–Crippen MR) is 173 cm³/mol. The molecule has 0 atom stereocenters. The van der Waals surface area contributed by atoms with Crippen molar-refractivity contribution < 1.29 is 17.9 Å². The number of benzene rings is 2. The second-order valence-electron chi connectivity index (χ2n) is 10.8. The molecule has 43 heavy (non-hydrogen) atoms. The first kappa shape index (κ1) is 33.0. The van der Waals surface area contributed by atoms with E-state index in [1.807, 2.05) is 24.3 Å². The number of hydrogen-bond acceptors (Lipinski definition) is 7. The van der Waals surface area contributed by atoms with E-state index in [9.17, 15) is 13.2 Å². The monoisotopic (exact) mass is 644 g/mol. The number of ether oxygens (including phenoxy) is 1. The van der Waals surface area contributed by atoms with Gasteiger partial charge in [-0.05, 0) is 55.0 Å². The van der Waals surface area contributed by atoms with Gasteiger partial charge in [0, 0.05) is 17.0 Å². The molecule has 0 bridgehead atoms. The summed E-state index contributed by atoms with van der Waals surface area (Å²) in [6, 6.07) is 14.5. The molecule has 0 fully saturated rings. The van der Waals surface area contributed by atoms with E-state index >= 15 is 0 Å². The lowest BCUT2D eigenvalue weighted by atomic mass is 10.0. The zero-order valence-corrected chi connectivity index (χ0v) is 27.2. The Morgan fingerprint density at radius 1 is 0.837 bits per heavy atom. The van der Waals surface area contributed by atoms with Gasteiger partial charge >= 0.3 is 0 Å². The number of rotatable bonds is 19. The zero-order chi connectivity index (χ0) is 30.5. The van der Waals surface area contributed by atoms with Crippen LogP contribution < -0.4 is 9.46 Å². The van der Waals surface area contributed by atoms with E-state index in [1.54, 1.807) is 30.5 Å². The average molecular weight is 645 g/mol. The molecule has 232 valence electrons. The van der Waals surface area contributed by atoms with E-state index in [2.05, 4.69) is 21.7 Å².